The van der Waals surface area contributed by atoms with Crippen molar-refractivity contribution in [2.24, 2.45) is 5.10 Å². The van der Waals surface area contributed by atoms with Gasteiger partial charge in [-0.3, -0.25) is 4.79 Å². The first-order valence-corrected chi connectivity index (χ1v) is 6.09. The average molecular weight is 263 g/mol. The third-order valence-corrected chi connectivity index (χ3v) is 2.70. The van der Waals surface area contributed by atoms with Gasteiger partial charge in [0, 0.05) is 5.56 Å². The number of rotatable bonds is 3. The predicted octanol–water partition coefficient (Wildman–Crippen LogP) is 2.63. The number of benzene rings is 2. The fourth-order valence-corrected chi connectivity index (χ4v) is 1.66. The summed E-state index contributed by atoms with van der Waals surface area (Å²) in [4.78, 5) is 11.8. The summed E-state index contributed by atoms with van der Waals surface area (Å²) in [5.74, 6) is -0.251. The number of nitriles is 1. The maximum atomic E-state index is 11.8. The smallest absolute Gasteiger partial charge is 0.267 e. The minimum absolute atomic E-state index is 0.251. The van der Waals surface area contributed by atoms with Gasteiger partial charge in [-0.15, -0.1) is 0 Å². The molecule has 1 amide bonds. The fraction of sp³-hybridized carbons (Fsp3) is 0.0625. The molecule has 0 atom stereocenters. The van der Waals surface area contributed by atoms with Crippen LogP contribution in [0.15, 0.2) is 53.6 Å². The van der Waals surface area contributed by atoms with Crippen LogP contribution >= 0.6 is 0 Å². The number of aryl methyl sites for hydroxylation is 1. The number of nitrogens with zero attached hydrogens (tertiary/aromatic N) is 2. The zero-order valence-corrected chi connectivity index (χ0v) is 11.0. The van der Waals surface area contributed by atoms with E-state index >= 15 is 0 Å². The Morgan fingerprint density at radius 2 is 2.00 bits per heavy atom. The van der Waals surface area contributed by atoms with Gasteiger partial charge in [0.15, 0.2) is 0 Å². The van der Waals surface area contributed by atoms with Crippen LogP contribution in [0.5, 0.6) is 0 Å². The highest BCUT2D eigenvalue weighted by Crippen LogP contribution is 2.04. The molecule has 2 rings (SSSR count). The zero-order chi connectivity index (χ0) is 14.4. The molecule has 0 fully saturated rings. The lowest BCUT2D eigenvalue weighted by Gasteiger charge is -2.00. The Balaban J connectivity index is 1.99. The molecule has 0 radical (unpaired) electrons. The van der Waals surface area contributed by atoms with E-state index in [1.165, 1.54) is 6.21 Å². The normalized spacial score (nSPS) is 10.2. The standard InChI is InChI=1S/C16H13N3O/c1-12-3-2-4-15(9-12)16(20)19-18-11-14-7-5-13(10-17)6-8-14/h2-9,11H,1H3,(H,19,20)/b18-11-. The van der Waals surface area contributed by atoms with E-state index in [0.717, 1.165) is 11.1 Å². The molecular weight excluding hydrogens is 250 g/mol. The minimum atomic E-state index is -0.251. The molecule has 4 heteroatoms. The molecule has 4 nitrogen and oxygen atoms in total. The number of amides is 1. The monoisotopic (exact) mass is 263 g/mol. The van der Waals surface area contributed by atoms with Gasteiger partial charge in [0.05, 0.1) is 17.8 Å². The molecular formula is C16H13N3O. The highest BCUT2D eigenvalue weighted by atomic mass is 16.2. The summed E-state index contributed by atoms with van der Waals surface area (Å²) in [6.45, 7) is 1.93. The SMILES string of the molecule is Cc1cccc(C(=O)N/N=C\c2ccc(C#N)cc2)c1. The number of nitrogens with one attached hydrogen (secondary N) is 1. The molecule has 20 heavy (non-hydrogen) atoms. The molecule has 0 aliphatic heterocycles. The molecule has 0 spiro atoms. The molecule has 0 unspecified atom stereocenters. The number of carbonyl (C=O) groups is 1. The highest BCUT2D eigenvalue weighted by Gasteiger charge is 2.02. The molecule has 2 aromatic rings. The summed E-state index contributed by atoms with van der Waals surface area (Å²) in [6, 6.07) is 16.3. The van der Waals surface area contributed by atoms with Gasteiger partial charge in [0.1, 0.15) is 0 Å². The molecule has 1 N–H and O–H groups in total. The van der Waals surface area contributed by atoms with Crippen LogP contribution in [0.4, 0.5) is 0 Å². The molecule has 0 aromatic heterocycles. The van der Waals surface area contributed by atoms with E-state index in [-0.39, 0.29) is 5.91 Å². The Bertz CT molecular complexity index is 682. The number of hydrazone groups is 1. The Hall–Kier alpha value is -2.93. The Morgan fingerprint density at radius 1 is 1.25 bits per heavy atom. The molecule has 0 bridgehead atoms. The first kappa shape index (κ1) is 13.5. The lowest BCUT2D eigenvalue weighted by atomic mass is 10.1. The van der Waals surface area contributed by atoms with Gasteiger partial charge < -0.3 is 0 Å². The van der Waals surface area contributed by atoms with E-state index in [0.29, 0.717) is 11.1 Å². The third-order valence-electron chi connectivity index (χ3n) is 2.70. The summed E-state index contributed by atoms with van der Waals surface area (Å²) in [5.41, 5.74) is 5.46. The second-order valence-electron chi connectivity index (χ2n) is 4.30. The number of hydrogen-bond donors (Lipinski definition) is 1. The second-order valence-corrected chi connectivity index (χ2v) is 4.30. The molecule has 0 aliphatic rings. The maximum Gasteiger partial charge on any atom is 0.271 e. The first-order chi connectivity index (χ1) is 9.69. The molecule has 0 saturated carbocycles. The lowest BCUT2D eigenvalue weighted by Crippen LogP contribution is -2.17. The van der Waals surface area contributed by atoms with Crippen molar-refractivity contribution in [2.45, 2.75) is 6.92 Å². The van der Waals surface area contributed by atoms with Gasteiger partial charge in [0.25, 0.3) is 5.91 Å². The third kappa shape index (κ3) is 3.53. The molecule has 2 aromatic carbocycles. The van der Waals surface area contributed by atoms with Crippen LogP contribution in [0.3, 0.4) is 0 Å². The quantitative estimate of drug-likeness (QED) is 0.683. The van der Waals surface area contributed by atoms with Crippen molar-refractivity contribution in [1.82, 2.24) is 5.43 Å². The molecule has 0 saturated heterocycles. The van der Waals surface area contributed by atoms with Crippen LogP contribution in [-0.2, 0) is 0 Å². The predicted molar refractivity (Wildman–Crippen MR) is 77.4 cm³/mol. The van der Waals surface area contributed by atoms with E-state index in [1.54, 1.807) is 36.4 Å². The summed E-state index contributed by atoms with van der Waals surface area (Å²) in [5, 5.41) is 12.6. The van der Waals surface area contributed by atoms with Crippen molar-refractivity contribution in [3.63, 3.8) is 0 Å². The second kappa shape index (κ2) is 6.30. The van der Waals surface area contributed by atoms with Crippen molar-refractivity contribution in [3.8, 4) is 6.07 Å². The van der Waals surface area contributed by atoms with E-state index in [1.807, 2.05) is 25.1 Å². The fourth-order valence-electron chi connectivity index (χ4n) is 1.66. The van der Waals surface area contributed by atoms with Crippen molar-refractivity contribution >= 4 is 12.1 Å². The van der Waals surface area contributed by atoms with Gasteiger partial charge in [-0.05, 0) is 36.8 Å². The molecule has 0 aliphatic carbocycles. The van der Waals surface area contributed by atoms with Crippen LogP contribution in [0.25, 0.3) is 0 Å². The van der Waals surface area contributed by atoms with Crippen molar-refractivity contribution < 1.29 is 4.79 Å². The lowest BCUT2D eigenvalue weighted by molar-refractivity contribution is 0.0955. The highest BCUT2D eigenvalue weighted by molar-refractivity contribution is 5.95. The summed E-state index contributed by atoms with van der Waals surface area (Å²) in [6.07, 6.45) is 1.54. The van der Waals surface area contributed by atoms with Gasteiger partial charge in [-0.1, -0.05) is 29.8 Å². The average Bonchev–Trinajstić information content (AvgIpc) is 2.48. The summed E-state index contributed by atoms with van der Waals surface area (Å²) in [7, 11) is 0. The minimum Gasteiger partial charge on any atom is -0.267 e. The first-order valence-electron chi connectivity index (χ1n) is 6.09. The van der Waals surface area contributed by atoms with E-state index in [4.69, 9.17) is 5.26 Å². The van der Waals surface area contributed by atoms with E-state index in [9.17, 15) is 4.79 Å². The topological polar surface area (TPSA) is 65.2 Å². The zero-order valence-electron chi connectivity index (χ0n) is 11.0. The molecule has 98 valence electrons. The Kier molecular flexibility index (Phi) is 4.25. The maximum absolute atomic E-state index is 11.8. The Morgan fingerprint density at radius 3 is 2.65 bits per heavy atom. The summed E-state index contributed by atoms with van der Waals surface area (Å²) >= 11 is 0. The van der Waals surface area contributed by atoms with Crippen LogP contribution in [0, 0.1) is 18.3 Å². The van der Waals surface area contributed by atoms with Crippen molar-refractivity contribution in [1.29, 1.82) is 5.26 Å². The van der Waals surface area contributed by atoms with Crippen LogP contribution < -0.4 is 5.43 Å². The van der Waals surface area contributed by atoms with Crippen LogP contribution in [-0.4, -0.2) is 12.1 Å². The van der Waals surface area contributed by atoms with Gasteiger partial charge in [-0.2, -0.15) is 10.4 Å². The number of carbonyl (C=O) groups excluding carboxylic acids is 1. The van der Waals surface area contributed by atoms with E-state index in [2.05, 4.69) is 10.5 Å². The van der Waals surface area contributed by atoms with Gasteiger partial charge >= 0.3 is 0 Å². The van der Waals surface area contributed by atoms with Crippen molar-refractivity contribution in [2.75, 3.05) is 0 Å². The van der Waals surface area contributed by atoms with Gasteiger partial charge in [-0.25, -0.2) is 5.43 Å². The largest absolute Gasteiger partial charge is 0.271 e. The number of hydrogen-bond acceptors (Lipinski definition) is 3. The van der Waals surface area contributed by atoms with Crippen molar-refractivity contribution in [3.05, 3.63) is 70.8 Å². The van der Waals surface area contributed by atoms with E-state index < -0.39 is 0 Å². The molecule has 0 heterocycles. The summed E-state index contributed by atoms with van der Waals surface area (Å²) < 4.78 is 0. The van der Waals surface area contributed by atoms with Crippen LogP contribution in [0.2, 0.25) is 0 Å². The van der Waals surface area contributed by atoms with Gasteiger partial charge in [0.2, 0.25) is 0 Å². The van der Waals surface area contributed by atoms with Crippen LogP contribution in [0.1, 0.15) is 27.0 Å². The Labute approximate surface area is 117 Å².